The van der Waals surface area contributed by atoms with Gasteiger partial charge in [-0.1, -0.05) is 11.8 Å². The summed E-state index contributed by atoms with van der Waals surface area (Å²) in [6.45, 7) is 1.40. The van der Waals surface area contributed by atoms with E-state index in [-0.39, 0.29) is 29.6 Å². The molecule has 2 heterocycles. The fourth-order valence-electron chi connectivity index (χ4n) is 0.774. The van der Waals surface area contributed by atoms with Gasteiger partial charge >= 0.3 is 29.6 Å². The van der Waals surface area contributed by atoms with E-state index in [1.807, 2.05) is 9.34 Å². The van der Waals surface area contributed by atoms with E-state index in [2.05, 4.69) is 0 Å². The van der Waals surface area contributed by atoms with Gasteiger partial charge in [-0.25, -0.2) is 0 Å². The maximum atomic E-state index is 11.4. The van der Waals surface area contributed by atoms with Gasteiger partial charge in [0, 0.05) is 32.7 Å². The van der Waals surface area contributed by atoms with Gasteiger partial charge in [0.05, 0.1) is 0 Å². The molecule has 10 heavy (non-hydrogen) atoms. The second-order valence-corrected chi connectivity index (χ2v) is 5.94. The van der Waals surface area contributed by atoms with Crippen molar-refractivity contribution < 1.29 is 34.5 Å². The molecule has 0 amide bonds. The molecule has 6 heteroatoms. The summed E-state index contributed by atoms with van der Waals surface area (Å²) in [6.07, 6.45) is 0. The normalized spacial score (nSPS) is 25.7. The molecule has 0 aromatic heterocycles. The molecule has 0 aromatic carbocycles. The Hall–Kier alpha value is 1.53. The van der Waals surface area contributed by atoms with Crippen molar-refractivity contribution in [2.45, 2.75) is 0 Å². The van der Waals surface area contributed by atoms with Crippen molar-refractivity contribution in [3.8, 4) is 0 Å². The predicted octanol–water partition coefficient (Wildman–Crippen LogP) is -3.79. The monoisotopic (exact) mass is 186 g/mol. The Morgan fingerprint density at radius 2 is 1.40 bits per heavy atom. The van der Waals surface area contributed by atoms with Crippen LogP contribution in [0.3, 0.4) is 0 Å². The van der Waals surface area contributed by atoms with E-state index in [9.17, 15) is 4.89 Å². The quantitative estimate of drug-likeness (QED) is 0.251. The van der Waals surface area contributed by atoms with Gasteiger partial charge in [0.15, 0.2) is 0 Å². The van der Waals surface area contributed by atoms with E-state index < -0.39 is 6.57 Å². The zero-order chi connectivity index (χ0) is 6.48. The van der Waals surface area contributed by atoms with Crippen LogP contribution in [0.5, 0.6) is 0 Å². The van der Waals surface area contributed by atoms with Crippen molar-refractivity contribution in [1.82, 2.24) is 9.34 Å². The molecule has 3 nitrogen and oxygen atoms in total. The Balaban J connectivity index is 0.000000500. The molecule has 2 saturated heterocycles. The van der Waals surface area contributed by atoms with E-state index >= 15 is 0 Å². The second kappa shape index (κ2) is 3.11. The number of hydrogen-bond donors (Lipinski definition) is 0. The van der Waals surface area contributed by atoms with Crippen molar-refractivity contribution in [1.29, 1.82) is 0 Å². The topological polar surface area (TPSA) is 29.1 Å². The van der Waals surface area contributed by atoms with Crippen molar-refractivity contribution in [2.75, 3.05) is 26.2 Å². The average Bonchev–Trinajstić information content (AvgIpc) is 2.62. The number of rotatable bonds is 2. The first kappa shape index (κ1) is 9.62. The van der Waals surface area contributed by atoms with E-state index in [0.29, 0.717) is 0 Å². The van der Waals surface area contributed by atoms with Crippen LogP contribution in [0.25, 0.3) is 0 Å². The minimum Gasteiger partial charge on any atom is -0.798 e. The molecule has 2 aliphatic heterocycles. The van der Waals surface area contributed by atoms with Crippen LogP contribution in [0.1, 0.15) is 0 Å². The molecule has 0 N–H and O–H groups in total. The van der Waals surface area contributed by atoms with Crippen LogP contribution in [0.2, 0.25) is 0 Å². The maximum Gasteiger partial charge on any atom is 1.00 e. The van der Waals surface area contributed by atoms with E-state index in [0.717, 1.165) is 26.2 Å². The van der Waals surface area contributed by atoms with E-state index in [1.54, 1.807) is 0 Å². The van der Waals surface area contributed by atoms with Crippen LogP contribution in [-0.4, -0.2) is 35.5 Å². The molecule has 0 aromatic rings. The summed E-state index contributed by atoms with van der Waals surface area (Å²) in [5.74, 6) is 0. The minimum atomic E-state index is -2.36. The van der Waals surface area contributed by atoms with Crippen LogP contribution in [-0.2, 0) is 11.8 Å². The summed E-state index contributed by atoms with van der Waals surface area (Å²) in [6, 6.07) is 0. The molecule has 2 fully saturated rings. The number of nitrogens with zero attached hydrogens (tertiary/aromatic N) is 2. The van der Waals surface area contributed by atoms with Crippen molar-refractivity contribution in [3.05, 3.63) is 0 Å². The van der Waals surface area contributed by atoms with Gasteiger partial charge in [-0.05, 0) is 0 Å². The van der Waals surface area contributed by atoms with Gasteiger partial charge in [0.2, 0.25) is 0 Å². The molecule has 0 bridgehead atoms. The Morgan fingerprint density at radius 1 is 1.10 bits per heavy atom. The second-order valence-electron chi connectivity index (χ2n) is 2.40. The summed E-state index contributed by atoms with van der Waals surface area (Å²) >= 11 is 4.92. The van der Waals surface area contributed by atoms with E-state index in [4.69, 9.17) is 11.8 Å². The number of hydrogen-bond acceptors (Lipinski definition) is 2. The van der Waals surface area contributed by atoms with Crippen LogP contribution in [0.4, 0.5) is 0 Å². The van der Waals surface area contributed by atoms with Crippen LogP contribution in [0, 0.1) is 0 Å². The minimum absolute atomic E-state index is 0. The molecule has 2 rings (SSSR count). The van der Waals surface area contributed by atoms with Gasteiger partial charge < -0.3 is 4.89 Å². The molecule has 0 unspecified atom stereocenters. The van der Waals surface area contributed by atoms with Crippen molar-refractivity contribution >= 4 is 18.4 Å². The van der Waals surface area contributed by atoms with Gasteiger partial charge in [-0.3, -0.25) is 9.34 Å². The predicted molar refractivity (Wildman–Crippen MR) is 37.4 cm³/mol. The molecule has 0 spiro atoms. The Kier molecular flexibility index (Phi) is 2.99. The standard InChI is InChI=1S/C4H9N2OPS.Na/c7-8(9,5-1-2-5)6-3-4-6;/h1-4H2,(H,7,9);/q;+1/p-1. The molecule has 0 radical (unpaired) electrons. The SMILES string of the molecule is [Na+].[O-]P(=S)(N1CC1)N1CC1. The third kappa shape index (κ3) is 1.82. The molecule has 2 aliphatic rings. The van der Waals surface area contributed by atoms with Crippen LogP contribution in [0.15, 0.2) is 0 Å². The third-order valence-corrected chi connectivity index (χ3v) is 5.18. The molecule has 0 atom stereocenters. The fourth-order valence-corrected chi connectivity index (χ4v) is 3.30. The smallest absolute Gasteiger partial charge is 0.798 e. The largest absolute Gasteiger partial charge is 1.00 e. The van der Waals surface area contributed by atoms with Gasteiger partial charge in [0.1, 0.15) is 0 Å². The molecular weight excluding hydrogens is 178 g/mol. The average molecular weight is 186 g/mol. The fraction of sp³-hybridized carbons (Fsp3) is 1.00. The van der Waals surface area contributed by atoms with Gasteiger partial charge in [-0.2, -0.15) is 0 Å². The Morgan fingerprint density at radius 3 is 1.60 bits per heavy atom. The first-order valence-electron chi connectivity index (χ1n) is 3.03. The first-order valence-corrected chi connectivity index (χ1v) is 5.66. The zero-order valence-electron chi connectivity index (χ0n) is 5.99. The Bertz CT molecular complexity index is 166. The first-order chi connectivity index (χ1) is 4.21. The van der Waals surface area contributed by atoms with Crippen LogP contribution < -0.4 is 34.5 Å². The van der Waals surface area contributed by atoms with Crippen LogP contribution >= 0.6 is 6.57 Å². The van der Waals surface area contributed by atoms with E-state index in [1.165, 1.54) is 0 Å². The summed E-state index contributed by atoms with van der Waals surface area (Å²) in [5.41, 5.74) is 0. The summed E-state index contributed by atoms with van der Waals surface area (Å²) < 4.78 is 3.74. The van der Waals surface area contributed by atoms with Gasteiger partial charge in [-0.15, -0.1) is 0 Å². The summed E-state index contributed by atoms with van der Waals surface area (Å²) in [4.78, 5) is 11.4. The summed E-state index contributed by atoms with van der Waals surface area (Å²) in [7, 11) is 0. The maximum absolute atomic E-state index is 11.4. The Labute approximate surface area is 87.9 Å². The molecule has 0 saturated carbocycles. The summed E-state index contributed by atoms with van der Waals surface area (Å²) in [5, 5.41) is 0. The van der Waals surface area contributed by atoms with Crippen molar-refractivity contribution in [3.63, 3.8) is 0 Å². The van der Waals surface area contributed by atoms with Gasteiger partial charge in [0.25, 0.3) is 0 Å². The third-order valence-electron chi connectivity index (χ3n) is 1.56. The molecule has 52 valence electrons. The molecule has 0 aliphatic carbocycles. The van der Waals surface area contributed by atoms with Crippen molar-refractivity contribution in [2.24, 2.45) is 0 Å². The zero-order valence-corrected chi connectivity index (χ0v) is 9.70. The molecular formula is C4H8N2NaOPS.